The SMILES string of the molecule is C#Cc1cc(C)nc(C)n1. The Balaban J connectivity index is 3.22. The highest BCUT2D eigenvalue weighted by molar-refractivity contribution is 5.25. The van der Waals surface area contributed by atoms with Gasteiger partial charge in [-0.25, -0.2) is 9.97 Å². The fraction of sp³-hybridized carbons (Fsp3) is 0.250. The van der Waals surface area contributed by atoms with Gasteiger partial charge in [0.25, 0.3) is 0 Å². The number of terminal acetylenes is 1. The molecule has 1 aromatic rings. The van der Waals surface area contributed by atoms with Gasteiger partial charge in [-0.05, 0) is 19.9 Å². The molecule has 0 aliphatic heterocycles. The molecule has 0 saturated carbocycles. The molecule has 0 aromatic carbocycles. The van der Waals surface area contributed by atoms with Crippen LogP contribution < -0.4 is 0 Å². The summed E-state index contributed by atoms with van der Waals surface area (Å²) in [5, 5.41) is 0. The molecule has 1 heterocycles. The van der Waals surface area contributed by atoms with Gasteiger partial charge in [-0.15, -0.1) is 6.42 Å². The molecule has 1 rings (SSSR count). The molecule has 0 aliphatic rings. The molecule has 0 bridgehead atoms. The van der Waals surface area contributed by atoms with Crippen molar-refractivity contribution in [3.8, 4) is 12.3 Å². The molecule has 50 valence electrons. The van der Waals surface area contributed by atoms with E-state index < -0.39 is 0 Å². The van der Waals surface area contributed by atoms with Crippen molar-refractivity contribution in [2.24, 2.45) is 0 Å². The number of aryl methyl sites for hydroxylation is 2. The predicted octanol–water partition coefficient (Wildman–Crippen LogP) is 1.07. The fourth-order valence-electron chi connectivity index (χ4n) is 0.791. The third-order valence-corrected chi connectivity index (χ3v) is 1.11. The van der Waals surface area contributed by atoms with Crippen molar-refractivity contribution in [2.75, 3.05) is 0 Å². The van der Waals surface area contributed by atoms with Gasteiger partial charge in [0.15, 0.2) is 0 Å². The van der Waals surface area contributed by atoms with Crippen molar-refractivity contribution in [3.63, 3.8) is 0 Å². The third kappa shape index (κ3) is 1.32. The number of rotatable bonds is 0. The first-order valence-electron chi connectivity index (χ1n) is 3.01. The predicted molar refractivity (Wildman–Crippen MR) is 39.4 cm³/mol. The standard InChI is InChI=1S/C8H8N2/c1-4-8-5-6(2)9-7(3)10-8/h1,5H,2-3H3. The average Bonchev–Trinajstić information content (AvgIpc) is 1.85. The van der Waals surface area contributed by atoms with Crippen molar-refractivity contribution in [1.29, 1.82) is 0 Å². The van der Waals surface area contributed by atoms with Gasteiger partial charge in [-0.1, -0.05) is 5.92 Å². The second-order valence-corrected chi connectivity index (χ2v) is 2.09. The monoisotopic (exact) mass is 132 g/mol. The highest BCUT2D eigenvalue weighted by atomic mass is 14.9. The Kier molecular flexibility index (Phi) is 1.68. The number of nitrogens with zero attached hydrogens (tertiary/aromatic N) is 2. The number of hydrogen-bond donors (Lipinski definition) is 0. The van der Waals surface area contributed by atoms with Gasteiger partial charge in [-0.2, -0.15) is 0 Å². The molecule has 0 saturated heterocycles. The number of hydrogen-bond acceptors (Lipinski definition) is 2. The van der Waals surface area contributed by atoms with E-state index >= 15 is 0 Å². The summed E-state index contributed by atoms with van der Waals surface area (Å²) in [5.41, 5.74) is 1.57. The van der Waals surface area contributed by atoms with Gasteiger partial charge in [0, 0.05) is 5.69 Å². The minimum atomic E-state index is 0.657. The molecule has 0 radical (unpaired) electrons. The Hall–Kier alpha value is -1.36. The summed E-state index contributed by atoms with van der Waals surface area (Å²) in [5.74, 6) is 3.19. The first kappa shape index (κ1) is 6.76. The van der Waals surface area contributed by atoms with E-state index in [0.29, 0.717) is 5.69 Å². The van der Waals surface area contributed by atoms with Crippen LogP contribution in [0.1, 0.15) is 17.2 Å². The summed E-state index contributed by atoms with van der Waals surface area (Å²) in [6.07, 6.45) is 5.15. The van der Waals surface area contributed by atoms with Gasteiger partial charge in [0.2, 0.25) is 0 Å². The molecular formula is C8H8N2. The molecule has 0 atom stereocenters. The van der Waals surface area contributed by atoms with Crippen molar-refractivity contribution in [2.45, 2.75) is 13.8 Å². The first-order chi connectivity index (χ1) is 4.72. The lowest BCUT2D eigenvalue weighted by atomic mass is 10.3. The second kappa shape index (κ2) is 2.49. The summed E-state index contributed by atoms with van der Waals surface area (Å²) >= 11 is 0. The smallest absolute Gasteiger partial charge is 0.126 e. The van der Waals surface area contributed by atoms with E-state index in [-0.39, 0.29) is 0 Å². The van der Waals surface area contributed by atoms with Crippen LogP contribution >= 0.6 is 0 Å². The number of aromatic nitrogens is 2. The zero-order valence-electron chi connectivity index (χ0n) is 6.05. The van der Waals surface area contributed by atoms with Crippen LogP contribution in [0.3, 0.4) is 0 Å². The zero-order chi connectivity index (χ0) is 7.56. The molecule has 1 aromatic heterocycles. The normalized spacial score (nSPS) is 8.90. The van der Waals surface area contributed by atoms with E-state index in [9.17, 15) is 0 Å². The van der Waals surface area contributed by atoms with Crippen molar-refractivity contribution >= 4 is 0 Å². The molecule has 0 amide bonds. The van der Waals surface area contributed by atoms with Crippen LogP contribution in [0, 0.1) is 26.2 Å². The van der Waals surface area contributed by atoms with Crippen LogP contribution in [0.5, 0.6) is 0 Å². The van der Waals surface area contributed by atoms with Gasteiger partial charge >= 0.3 is 0 Å². The average molecular weight is 132 g/mol. The Bertz CT molecular complexity index is 264. The Morgan fingerprint density at radius 2 is 2.10 bits per heavy atom. The Morgan fingerprint density at radius 1 is 1.40 bits per heavy atom. The summed E-state index contributed by atoms with van der Waals surface area (Å²) in [6.45, 7) is 3.73. The molecule has 0 fully saturated rings. The maximum absolute atomic E-state index is 5.15. The summed E-state index contributed by atoms with van der Waals surface area (Å²) < 4.78 is 0. The Morgan fingerprint density at radius 3 is 2.60 bits per heavy atom. The molecule has 10 heavy (non-hydrogen) atoms. The largest absolute Gasteiger partial charge is 0.238 e. The van der Waals surface area contributed by atoms with Crippen molar-refractivity contribution in [3.05, 3.63) is 23.3 Å². The van der Waals surface area contributed by atoms with Gasteiger partial charge in [0.1, 0.15) is 11.5 Å². The van der Waals surface area contributed by atoms with Crippen LogP contribution in [0.25, 0.3) is 0 Å². The third-order valence-electron chi connectivity index (χ3n) is 1.11. The van der Waals surface area contributed by atoms with E-state index in [1.54, 1.807) is 6.07 Å². The first-order valence-corrected chi connectivity index (χ1v) is 3.01. The highest BCUT2D eigenvalue weighted by Gasteiger charge is 1.92. The lowest BCUT2D eigenvalue weighted by Gasteiger charge is -1.94. The minimum Gasteiger partial charge on any atom is -0.238 e. The second-order valence-electron chi connectivity index (χ2n) is 2.09. The Labute approximate surface area is 60.3 Å². The summed E-state index contributed by atoms with van der Waals surface area (Å²) in [4.78, 5) is 8.08. The lowest BCUT2D eigenvalue weighted by molar-refractivity contribution is 1.000. The van der Waals surface area contributed by atoms with Crippen molar-refractivity contribution in [1.82, 2.24) is 9.97 Å². The van der Waals surface area contributed by atoms with E-state index in [1.165, 1.54) is 0 Å². The molecule has 0 spiro atoms. The quantitative estimate of drug-likeness (QED) is 0.493. The molecule has 2 nitrogen and oxygen atoms in total. The zero-order valence-corrected chi connectivity index (χ0v) is 6.05. The van der Waals surface area contributed by atoms with E-state index in [1.807, 2.05) is 13.8 Å². The van der Waals surface area contributed by atoms with Gasteiger partial charge in [-0.3, -0.25) is 0 Å². The van der Waals surface area contributed by atoms with E-state index in [4.69, 9.17) is 6.42 Å². The summed E-state index contributed by atoms with van der Waals surface area (Å²) in [7, 11) is 0. The molecule has 0 N–H and O–H groups in total. The molecule has 0 aliphatic carbocycles. The maximum Gasteiger partial charge on any atom is 0.126 e. The van der Waals surface area contributed by atoms with E-state index in [0.717, 1.165) is 11.5 Å². The lowest BCUT2D eigenvalue weighted by Crippen LogP contribution is -1.92. The van der Waals surface area contributed by atoms with Crippen LogP contribution in [0.4, 0.5) is 0 Å². The van der Waals surface area contributed by atoms with Crippen LogP contribution in [-0.2, 0) is 0 Å². The van der Waals surface area contributed by atoms with Gasteiger partial charge < -0.3 is 0 Å². The molecular weight excluding hydrogens is 124 g/mol. The van der Waals surface area contributed by atoms with Crippen LogP contribution in [-0.4, -0.2) is 9.97 Å². The summed E-state index contributed by atoms with van der Waals surface area (Å²) in [6, 6.07) is 1.78. The minimum absolute atomic E-state index is 0.657. The van der Waals surface area contributed by atoms with Crippen LogP contribution in [0.2, 0.25) is 0 Å². The maximum atomic E-state index is 5.15. The van der Waals surface area contributed by atoms with Gasteiger partial charge in [0.05, 0.1) is 0 Å². The van der Waals surface area contributed by atoms with Crippen molar-refractivity contribution < 1.29 is 0 Å². The highest BCUT2D eigenvalue weighted by Crippen LogP contribution is 1.96. The van der Waals surface area contributed by atoms with Crippen LogP contribution in [0.15, 0.2) is 6.07 Å². The molecule has 0 unspecified atom stereocenters. The van der Waals surface area contributed by atoms with E-state index in [2.05, 4.69) is 15.9 Å². The topological polar surface area (TPSA) is 25.8 Å². The fourth-order valence-corrected chi connectivity index (χ4v) is 0.791. The molecule has 2 heteroatoms.